The fourth-order valence-corrected chi connectivity index (χ4v) is 9.08. The van der Waals surface area contributed by atoms with Crippen LogP contribution in [0.15, 0.2) is 223 Å². The molecule has 12 rings (SSSR count). The van der Waals surface area contributed by atoms with E-state index in [1.807, 2.05) is 12.1 Å². The van der Waals surface area contributed by atoms with E-state index in [1.165, 1.54) is 49.0 Å². The Hall–Kier alpha value is -8.14. The predicted octanol–water partition coefficient (Wildman–Crippen LogP) is 15.8. The molecule has 10 aromatic carbocycles. The third-order valence-electron chi connectivity index (χ3n) is 12.1. The second-order valence-corrected chi connectivity index (χ2v) is 15.7. The van der Waals surface area contributed by atoms with E-state index in [0.717, 1.165) is 61.0 Å². The van der Waals surface area contributed by atoms with Crippen molar-refractivity contribution in [3.8, 4) is 67.2 Å². The van der Waals surface area contributed by atoms with Crippen LogP contribution < -0.4 is 0 Å². The first-order valence-corrected chi connectivity index (χ1v) is 20.7. The fraction of sp³-hybridized carbons (Fsp3) is 0. The molecule has 0 unspecified atom stereocenters. The zero-order valence-electron chi connectivity index (χ0n) is 33.1. The Morgan fingerprint density at radius 2 is 0.672 bits per heavy atom. The molecule has 0 saturated carbocycles. The lowest BCUT2D eigenvalue weighted by Gasteiger charge is -2.12. The molecule has 0 bridgehead atoms. The van der Waals surface area contributed by atoms with Crippen LogP contribution in [0.3, 0.4) is 0 Å². The van der Waals surface area contributed by atoms with Crippen LogP contribution in [-0.2, 0) is 0 Å². The molecule has 0 saturated heterocycles. The van der Waals surface area contributed by atoms with Crippen molar-refractivity contribution >= 4 is 54.4 Å². The minimum absolute atomic E-state index is 0.564. The number of fused-ring (bicyclic) bond motifs is 9. The smallest absolute Gasteiger partial charge is 0.231 e. The number of nitrogens with zero attached hydrogens (tertiary/aromatic N) is 2. The van der Waals surface area contributed by atoms with Crippen molar-refractivity contribution in [3.63, 3.8) is 0 Å². The normalized spacial score (nSPS) is 11.6. The molecule has 61 heavy (non-hydrogen) atoms. The molecule has 0 fully saturated rings. The van der Waals surface area contributed by atoms with Gasteiger partial charge >= 0.3 is 0 Å². The quantitative estimate of drug-likeness (QED) is 0.158. The molecule has 0 radical (unpaired) electrons. The average Bonchev–Trinajstić information content (AvgIpc) is 3.72. The standard InChI is InChI=1S/C58H36N2O/c1-3-13-37(14-4-1)39-25-27-40(28-26-39)56-55-53-36-45(30-32-54(53)61-58(55)60-57(59-56)46-20-12-17-41(34-46)38-15-5-2-6-16-38)43-19-11-18-42(33-43)44-29-31-51-49-23-8-7-21-47(49)48-22-9-10-24-50(48)52(51)35-44/h1-36H. The zero-order valence-corrected chi connectivity index (χ0v) is 33.1. The number of hydrogen-bond acceptors (Lipinski definition) is 3. The van der Waals surface area contributed by atoms with Gasteiger partial charge in [0.2, 0.25) is 5.71 Å². The molecule has 0 atom stereocenters. The van der Waals surface area contributed by atoms with Crippen LogP contribution in [0, 0.1) is 0 Å². The van der Waals surface area contributed by atoms with Crippen LogP contribution in [0.25, 0.3) is 122 Å². The van der Waals surface area contributed by atoms with Gasteiger partial charge in [0.1, 0.15) is 5.58 Å². The lowest BCUT2D eigenvalue weighted by molar-refractivity contribution is 0.653. The van der Waals surface area contributed by atoms with Gasteiger partial charge in [0.15, 0.2) is 5.82 Å². The third-order valence-corrected chi connectivity index (χ3v) is 12.1. The molecule has 0 aliphatic heterocycles. The van der Waals surface area contributed by atoms with Crippen molar-refractivity contribution in [1.82, 2.24) is 9.97 Å². The van der Waals surface area contributed by atoms with E-state index in [9.17, 15) is 0 Å². The highest BCUT2D eigenvalue weighted by atomic mass is 16.3. The van der Waals surface area contributed by atoms with Crippen molar-refractivity contribution in [1.29, 1.82) is 0 Å². The van der Waals surface area contributed by atoms with Crippen LogP contribution >= 0.6 is 0 Å². The Morgan fingerprint density at radius 1 is 0.262 bits per heavy atom. The first kappa shape index (κ1) is 34.9. The summed E-state index contributed by atoms with van der Waals surface area (Å²) in [7, 11) is 0. The maximum atomic E-state index is 6.62. The SMILES string of the molecule is c1ccc(-c2ccc(-c3nc(-c4cccc(-c5ccccc5)c4)nc4oc5ccc(-c6cccc(-c7ccc8c9ccccc9c9ccccc9c8c7)c6)cc5c34)cc2)cc1. The van der Waals surface area contributed by atoms with Gasteiger partial charge in [-0.05, 0) is 107 Å². The molecular formula is C58H36N2O. The summed E-state index contributed by atoms with van der Waals surface area (Å²) in [5.74, 6) is 0.621. The Bertz CT molecular complexity index is 3590. The molecule has 0 N–H and O–H groups in total. The maximum absolute atomic E-state index is 6.62. The highest BCUT2D eigenvalue weighted by Gasteiger charge is 2.20. The summed E-state index contributed by atoms with van der Waals surface area (Å²) in [6, 6.07) is 77.7. The molecule has 0 amide bonds. The summed E-state index contributed by atoms with van der Waals surface area (Å²) in [6.07, 6.45) is 0. The van der Waals surface area contributed by atoms with Gasteiger partial charge in [0.05, 0.1) is 11.1 Å². The summed E-state index contributed by atoms with van der Waals surface area (Å²) in [6.45, 7) is 0. The van der Waals surface area contributed by atoms with Crippen LogP contribution in [0.2, 0.25) is 0 Å². The number of aromatic nitrogens is 2. The second-order valence-electron chi connectivity index (χ2n) is 15.7. The Balaban J connectivity index is 0.996. The second kappa shape index (κ2) is 14.3. The number of rotatable bonds is 6. The fourth-order valence-electron chi connectivity index (χ4n) is 9.08. The van der Waals surface area contributed by atoms with Gasteiger partial charge in [-0.15, -0.1) is 0 Å². The lowest BCUT2D eigenvalue weighted by Crippen LogP contribution is -1.94. The topological polar surface area (TPSA) is 38.9 Å². The zero-order chi connectivity index (χ0) is 40.3. The monoisotopic (exact) mass is 776 g/mol. The van der Waals surface area contributed by atoms with E-state index in [2.05, 4.69) is 206 Å². The molecular weight excluding hydrogens is 741 g/mol. The summed E-state index contributed by atoms with van der Waals surface area (Å²) < 4.78 is 6.62. The Kier molecular flexibility index (Phi) is 8.17. The molecule has 0 aliphatic rings. The van der Waals surface area contributed by atoms with Gasteiger partial charge in [-0.1, -0.05) is 188 Å². The minimum Gasteiger partial charge on any atom is -0.438 e. The predicted molar refractivity (Wildman–Crippen MR) is 254 cm³/mol. The summed E-state index contributed by atoms with van der Waals surface area (Å²) in [5, 5.41) is 9.52. The van der Waals surface area contributed by atoms with Crippen LogP contribution in [-0.4, -0.2) is 9.97 Å². The van der Waals surface area contributed by atoms with Crippen LogP contribution in [0.1, 0.15) is 0 Å². The lowest BCUT2D eigenvalue weighted by atomic mass is 9.91. The molecule has 0 aliphatic carbocycles. The van der Waals surface area contributed by atoms with E-state index in [1.54, 1.807) is 0 Å². The first-order chi connectivity index (χ1) is 30.2. The molecule has 3 heteroatoms. The highest BCUT2D eigenvalue weighted by Crippen LogP contribution is 2.41. The molecule has 0 spiro atoms. The molecule has 12 aromatic rings. The van der Waals surface area contributed by atoms with Crippen molar-refractivity contribution < 1.29 is 4.42 Å². The van der Waals surface area contributed by atoms with Gasteiger partial charge in [0.25, 0.3) is 0 Å². The molecule has 2 aromatic heterocycles. The van der Waals surface area contributed by atoms with Gasteiger partial charge in [-0.3, -0.25) is 0 Å². The van der Waals surface area contributed by atoms with Crippen molar-refractivity contribution in [2.24, 2.45) is 0 Å². The minimum atomic E-state index is 0.564. The number of hydrogen-bond donors (Lipinski definition) is 0. The van der Waals surface area contributed by atoms with E-state index in [4.69, 9.17) is 14.4 Å². The molecule has 284 valence electrons. The maximum Gasteiger partial charge on any atom is 0.231 e. The van der Waals surface area contributed by atoms with Crippen LogP contribution in [0.4, 0.5) is 0 Å². The summed E-state index contributed by atoms with van der Waals surface area (Å²) in [4.78, 5) is 10.5. The third kappa shape index (κ3) is 6.06. The van der Waals surface area contributed by atoms with Gasteiger partial charge in [-0.25, -0.2) is 4.98 Å². The summed E-state index contributed by atoms with van der Waals surface area (Å²) >= 11 is 0. The van der Waals surface area contributed by atoms with E-state index in [0.29, 0.717) is 11.5 Å². The van der Waals surface area contributed by atoms with E-state index < -0.39 is 0 Å². The van der Waals surface area contributed by atoms with Crippen molar-refractivity contribution in [2.75, 3.05) is 0 Å². The Labute approximate surface area is 352 Å². The largest absolute Gasteiger partial charge is 0.438 e. The Morgan fingerprint density at radius 3 is 1.31 bits per heavy atom. The number of furan rings is 1. The van der Waals surface area contributed by atoms with E-state index in [-0.39, 0.29) is 0 Å². The van der Waals surface area contributed by atoms with Gasteiger partial charge in [0, 0.05) is 16.5 Å². The average molecular weight is 777 g/mol. The van der Waals surface area contributed by atoms with Crippen molar-refractivity contribution in [3.05, 3.63) is 218 Å². The van der Waals surface area contributed by atoms with Crippen LogP contribution in [0.5, 0.6) is 0 Å². The number of benzene rings is 10. The highest BCUT2D eigenvalue weighted by molar-refractivity contribution is 6.25. The van der Waals surface area contributed by atoms with Gasteiger partial charge in [-0.2, -0.15) is 4.98 Å². The summed E-state index contributed by atoms with van der Waals surface area (Å²) in [5.41, 5.74) is 13.3. The first-order valence-electron chi connectivity index (χ1n) is 20.7. The van der Waals surface area contributed by atoms with E-state index >= 15 is 0 Å². The van der Waals surface area contributed by atoms with Gasteiger partial charge < -0.3 is 4.42 Å². The van der Waals surface area contributed by atoms with Crippen molar-refractivity contribution in [2.45, 2.75) is 0 Å². The molecule has 3 nitrogen and oxygen atoms in total. The molecule has 2 heterocycles.